The van der Waals surface area contributed by atoms with Crippen LogP contribution in [0.1, 0.15) is 53.8 Å². The molecule has 1 aliphatic rings. The molecule has 0 saturated carbocycles. The molecule has 0 amide bonds. The van der Waals surface area contributed by atoms with Gasteiger partial charge in [-0.15, -0.1) is 0 Å². The van der Waals surface area contributed by atoms with Gasteiger partial charge >= 0.3 is 0 Å². The van der Waals surface area contributed by atoms with E-state index in [4.69, 9.17) is 9.97 Å². The fourth-order valence-electron chi connectivity index (χ4n) is 3.69. The number of aromatic nitrogens is 4. The Morgan fingerprint density at radius 1 is 1.20 bits per heavy atom. The van der Waals surface area contributed by atoms with Crippen LogP contribution in [-0.4, -0.2) is 56.4 Å². The van der Waals surface area contributed by atoms with Crippen molar-refractivity contribution in [3.8, 4) is 0 Å². The molecule has 2 aromatic heterocycles. The maximum Gasteiger partial charge on any atom is 0.163 e. The highest BCUT2D eigenvalue weighted by Crippen LogP contribution is 2.30. The Hall–Kier alpha value is -1.69. The molecule has 2 aromatic rings. The van der Waals surface area contributed by atoms with Gasteiger partial charge in [-0.1, -0.05) is 27.7 Å². The third-order valence-corrected chi connectivity index (χ3v) is 5.21. The second-order valence-corrected chi connectivity index (χ2v) is 8.47. The van der Waals surface area contributed by atoms with Crippen LogP contribution in [0.5, 0.6) is 0 Å². The van der Waals surface area contributed by atoms with Gasteiger partial charge in [0, 0.05) is 44.2 Å². The van der Waals surface area contributed by atoms with E-state index in [2.05, 4.69) is 56.4 Å². The van der Waals surface area contributed by atoms with Crippen LogP contribution in [0.4, 0.5) is 5.82 Å². The summed E-state index contributed by atoms with van der Waals surface area (Å²) in [5.41, 5.74) is 0.839. The lowest BCUT2D eigenvalue weighted by Gasteiger charge is -2.44. The van der Waals surface area contributed by atoms with Crippen LogP contribution in [0.25, 0.3) is 11.0 Å². The topological polar surface area (TPSA) is 50.1 Å². The predicted molar refractivity (Wildman–Crippen MR) is 103 cm³/mol. The molecule has 0 aliphatic carbocycles. The fraction of sp³-hybridized carbons (Fsp3) is 0.737. The summed E-state index contributed by atoms with van der Waals surface area (Å²) in [5, 5.41) is 5.49. The minimum Gasteiger partial charge on any atom is -0.353 e. The summed E-state index contributed by atoms with van der Waals surface area (Å²) >= 11 is 0. The zero-order valence-corrected chi connectivity index (χ0v) is 16.7. The molecule has 6 heteroatoms. The number of hydrogen-bond acceptors (Lipinski definition) is 5. The van der Waals surface area contributed by atoms with E-state index in [1.165, 1.54) is 0 Å². The van der Waals surface area contributed by atoms with E-state index in [0.717, 1.165) is 48.7 Å². The van der Waals surface area contributed by atoms with Crippen LogP contribution in [0.15, 0.2) is 6.20 Å². The lowest BCUT2D eigenvalue weighted by molar-refractivity contribution is 0.133. The first-order valence-corrected chi connectivity index (χ1v) is 9.43. The Morgan fingerprint density at radius 3 is 2.52 bits per heavy atom. The highest BCUT2D eigenvalue weighted by atomic mass is 15.3. The van der Waals surface area contributed by atoms with Crippen molar-refractivity contribution in [1.29, 1.82) is 0 Å². The molecule has 3 rings (SSSR count). The van der Waals surface area contributed by atoms with Gasteiger partial charge < -0.3 is 4.90 Å². The average molecular weight is 345 g/mol. The zero-order valence-electron chi connectivity index (χ0n) is 16.7. The smallest absolute Gasteiger partial charge is 0.163 e. The molecule has 1 aliphatic heterocycles. The van der Waals surface area contributed by atoms with Crippen molar-refractivity contribution in [1.82, 2.24) is 24.6 Å². The molecule has 0 radical (unpaired) electrons. The van der Waals surface area contributed by atoms with E-state index in [1.807, 2.05) is 17.9 Å². The first-order chi connectivity index (χ1) is 11.7. The first kappa shape index (κ1) is 18.1. The van der Waals surface area contributed by atoms with Crippen molar-refractivity contribution < 1.29 is 0 Å². The summed E-state index contributed by atoms with van der Waals surface area (Å²) < 4.78 is 1.86. The van der Waals surface area contributed by atoms with Crippen molar-refractivity contribution >= 4 is 16.9 Å². The van der Waals surface area contributed by atoms with Crippen molar-refractivity contribution in [3.63, 3.8) is 0 Å². The van der Waals surface area contributed by atoms with Crippen molar-refractivity contribution in [2.45, 2.75) is 65.5 Å². The van der Waals surface area contributed by atoms with E-state index in [-0.39, 0.29) is 5.41 Å². The summed E-state index contributed by atoms with van der Waals surface area (Å²) in [6.45, 7) is 16.5. The lowest BCUT2D eigenvalue weighted by atomic mass is 9.95. The highest BCUT2D eigenvalue weighted by Gasteiger charge is 2.30. The second-order valence-electron chi connectivity index (χ2n) is 8.47. The van der Waals surface area contributed by atoms with E-state index in [0.29, 0.717) is 12.1 Å². The minimum atomic E-state index is -0.0862. The van der Waals surface area contributed by atoms with Crippen LogP contribution in [-0.2, 0) is 12.5 Å². The van der Waals surface area contributed by atoms with Crippen LogP contribution in [0.2, 0.25) is 0 Å². The van der Waals surface area contributed by atoms with Crippen molar-refractivity contribution in [2.24, 2.45) is 7.05 Å². The zero-order chi connectivity index (χ0) is 18.4. The predicted octanol–water partition coefficient (Wildman–Crippen LogP) is 2.97. The third kappa shape index (κ3) is 3.36. The minimum absolute atomic E-state index is 0.0862. The maximum atomic E-state index is 4.99. The number of aryl methyl sites for hydroxylation is 1. The van der Waals surface area contributed by atoms with Gasteiger partial charge in [-0.3, -0.25) is 9.58 Å². The molecule has 1 saturated heterocycles. The summed E-state index contributed by atoms with van der Waals surface area (Å²) in [4.78, 5) is 14.8. The van der Waals surface area contributed by atoms with E-state index in [1.54, 1.807) is 0 Å². The number of fused-ring (bicyclic) bond motifs is 1. The summed E-state index contributed by atoms with van der Waals surface area (Å²) in [6.07, 6.45) is 3.06. The largest absolute Gasteiger partial charge is 0.353 e. The summed E-state index contributed by atoms with van der Waals surface area (Å²) in [5.74, 6) is 1.93. The van der Waals surface area contributed by atoms with E-state index < -0.39 is 0 Å². The molecule has 6 nitrogen and oxygen atoms in total. The Kier molecular flexibility index (Phi) is 4.75. The molecule has 138 valence electrons. The molecule has 0 N–H and O–H groups in total. The van der Waals surface area contributed by atoms with Gasteiger partial charge in [-0.2, -0.15) is 5.10 Å². The Morgan fingerprint density at radius 2 is 1.92 bits per heavy atom. The normalized spacial score (nSPS) is 20.0. The van der Waals surface area contributed by atoms with Crippen molar-refractivity contribution in [2.75, 3.05) is 24.5 Å². The van der Waals surface area contributed by atoms with E-state index in [9.17, 15) is 0 Å². The van der Waals surface area contributed by atoms with Crippen molar-refractivity contribution in [3.05, 3.63) is 12.0 Å². The molecule has 0 unspecified atom stereocenters. The SMILES string of the molecule is CC[C@H]1CN(c2nc(C(C)(C)C)nc3c2cnn3C)CCN1C(C)C. The molecule has 0 spiro atoms. The lowest BCUT2D eigenvalue weighted by Crippen LogP contribution is -2.55. The molecule has 0 aromatic carbocycles. The van der Waals surface area contributed by atoms with Crippen LogP contribution >= 0.6 is 0 Å². The molecule has 0 bridgehead atoms. The Bertz CT molecular complexity index is 742. The molecule has 25 heavy (non-hydrogen) atoms. The fourth-order valence-corrected chi connectivity index (χ4v) is 3.69. The molecule has 3 heterocycles. The Labute approximate surface area is 151 Å². The molecule has 1 fully saturated rings. The molecular formula is C19H32N6. The maximum absolute atomic E-state index is 4.99. The number of rotatable bonds is 3. The van der Waals surface area contributed by atoms with Crippen LogP contribution in [0, 0.1) is 0 Å². The summed E-state index contributed by atoms with van der Waals surface area (Å²) in [7, 11) is 1.96. The monoisotopic (exact) mass is 344 g/mol. The number of piperazine rings is 1. The number of nitrogens with zero attached hydrogens (tertiary/aromatic N) is 6. The molecule has 1 atom stereocenters. The van der Waals surface area contributed by atoms with E-state index >= 15 is 0 Å². The van der Waals surface area contributed by atoms with Gasteiger partial charge in [0.1, 0.15) is 11.6 Å². The van der Waals surface area contributed by atoms with Gasteiger partial charge in [0.05, 0.1) is 11.6 Å². The third-order valence-electron chi connectivity index (χ3n) is 5.21. The van der Waals surface area contributed by atoms with Crippen LogP contribution in [0.3, 0.4) is 0 Å². The number of hydrogen-bond donors (Lipinski definition) is 0. The first-order valence-electron chi connectivity index (χ1n) is 9.43. The van der Waals surface area contributed by atoms with Gasteiger partial charge in [0.25, 0.3) is 0 Å². The van der Waals surface area contributed by atoms with Gasteiger partial charge in [-0.25, -0.2) is 9.97 Å². The quantitative estimate of drug-likeness (QED) is 0.857. The summed E-state index contributed by atoms with van der Waals surface area (Å²) in [6, 6.07) is 1.15. The Balaban J connectivity index is 2.03. The standard InChI is InChI=1S/C19H32N6/c1-8-14-12-24(9-10-25(14)13(2)3)17-15-11-20-23(7)16(15)21-18(22-17)19(4,5)6/h11,13-14H,8-10,12H2,1-7H3/t14-/m0/s1. The molecular weight excluding hydrogens is 312 g/mol. The van der Waals surface area contributed by atoms with Gasteiger partial charge in [-0.05, 0) is 20.3 Å². The average Bonchev–Trinajstić information content (AvgIpc) is 2.94. The second kappa shape index (κ2) is 6.56. The highest BCUT2D eigenvalue weighted by molar-refractivity contribution is 5.87. The number of anilines is 1. The van der Waals surface area contributed by atoms with Gasteiger partial charge in [0.2, 0.25) is 0 Å². The van der Waals surface area contributed by atoms with Crippen LogP contribution < -0.4 is 4.90 Å². The van der Waals surface area contributed by atoms with Gasteiger partial charge in [0.15, 0.2) is 5.65 Å².